The average molecular weight is 383 g/mol. The number of benzene rings is 2. The third-order valence-electron chi connectivity index (χ3n) is 4.23. The highest BCUT2D eigenvalue weighted by atomic mass is 32.2. The summed E-state index contributed by atoms with van der Waals surface area (Å²) in [5.41, 5.74) is 3.27. The van der Waals surface area contributed by atoms with E-state index >= 15 is 0 Å². The van der Waals surface area contributed by atoms with Crippen molar-refractivity contribution in [1.29, 1.82) is 0 Å². The number of hydrogen-bond donors (Lipinski definition) is 1. The Morgan fingerprint density at radius 1 is 0.852 bits per heavy atom. The van der Waals surface area contributed by atoms with Crippen LogP contribution in [0.4, 0.5) is 5.69 Å². The van der Waals surface area contributed by atoms with Crippen LogP contribution in [0.15, 0.2) is 53.4 Å². The normalized spacial score (nSPS) is 11.3. The first-order valence-corrected chi connectivity index (χ1v) is 9.93. The van der Waals surface area contributed by atoms with Crippen LogP contribution in [0.5, 0.6) is 11.8 Å². The molecule has 0 amide bonds. The van der Waals surface area contributed by atoms with Gasteiger partial charge in [-0.25, -0.2) is 8.42 Å². The van der Waals surface area contributed by atoms with E-state index in [1.165, 1.54) is 0 Å². The monoisotopic (exact) mass is 383 g/mol. The van der Waals surface area contributed by atoms with Gasteiger partial charge in [-0.3, -0.25) is 4.72 Å². The van der Waals surface area contributed by atoms with E-state index in [1.54, 1.807) is 44.2 Å². The quantitative estimate of drug-likeness (QED) is 0.710. The van der Waals surface area contributed by atoms with E-state index in [0.717, 1.165) is 11.1 Å². The molecule has 0 spiro atoms. The summed E-state index contributed by atoms with van der Waals surface area (Å²) in [5.74, 6) is 0.611. The maximum atomic E-state index is 12.7. The highest BCUT2D eigenvalue weighted by Crippen LogP contribution is 2.26. The maximum Gasteiger partial charge on any atom is 0.322 e. The fourth-order valence-electron chi connectivity index (χ4n) is 2.55. The van der Waals surface area contributed by atoms with Gasteiger partial charge in [0.25, 0.3) is 10.0 Å². The molecule has 0 radical (unpaired) electrons. The second kappa shape index (κ2) is 7.36. The van der Waals surface area contributed by atoms with Gasteiger partial charge in [-0.15, -0.1) is 0 Å². The molecular formula is C20H21N3O3S. The number of para-hydroxylation sites is 1. The zero-order chi connectivity index (χ0) is 19.6. The molecule has 0 fully saturated rings. The molecule has 0 atom stereocenters. The van der Waals surface area contributed by atoms with Crippen molar-refractivity contribution in [2.45, 2.75) is 32.6 Å². The lowest BCUT2D eigenvalue weighted by Gasteiger charge is -2.14. The molecule has 1 heterocycles. The molecule has 6 nitrogen and oxygen atoms in total. The lowest BCUT2D eigenvalue weighted by atomic mass is 10.1. The molecule has 0 unspecified atom stereocenters. The Kier molecular flexibility index (Phi) is 5.14. The van der Waals surface area contributed by atoms with E-state index in [2.05, 4.69) is 14.7 Å². The van der Waals surface area contributed by atoms with Crippen LogP contribution in [0.3, 0.4) is 0 Å². The van der Waals surface area contributed by atoms with Crippen LogP contribution >= 0.6 is 0 Å². The zero-order valence-electron chi connectivity index (χ0n) is 15.6. The van der Waals surface area contributed by atoms with E-state index in [9.17, 15) is 8.42 Å². The van der Waals surface area contributed by atoms with Crippen molar-refractivity contribution in [3.63, 3.8) is 0 Å². The standard InChI is InChI=1S/C20H21N3O3S/c1-13-10-11-18(12-14(13)2)27(24,25)23-19-15(3)21-20(22-16(19)4)26-17-8-6-5-7-9-17/h5-12,23H,1-4H3. The second-order valence-electron chi connectivity index (χ2n) is 6.32. The summed E-state index contributed by atoms with van der Waals surface area (Å²) >= 11 is 0. The summed E-state index contributed by atoms with van der Waals surface area (Å²) < 4.78 is 33.7. The predicted molar refractivity (Wildman–Crippen MR) is 105 cm³/mol. The minimum absolute atomic E-state index is 0.172. The fraction of sp³-hybridized carbons (Fsp3) is 0.200. The molecule has 140 valence electrons. The Labute approximate surface area is 159 Å². The van der Waals surface area contributed by atoms with E-state index in [0.29, 0.717) is 22.8 Å². The van der Waals surface area contributed by atoms with Crippen LogP contribution in [-0.4, -0.2) is 18.4 Å². The molecule has 0 aliphatic heterocycles. The molecule has 0 bridgehead atoms. The van der Waals surface area contributed by atoms with Gasteiger partial charge in [-0.05, 0) is 63.1 Å². The van der Waals surface area contributed by atoms with Crippen LogP contribution in [0.25, 0.3) is 0 Å². The summed E-state index contributed by atoms with van der Waals surface area (Å²) in [6, 6.07) is 14.4. The van der Waals surface area contributed by atoms with E-state index in [4.69, 9.17) is 4.74 Å². The first-order valence-electron chi connectivity index (χ1n) is 8.44. The topological polar surface area (TPSA) is 81.2 Å². The second-order valence-corrected chi connectivity index (χ2v) is 8.00. The van der Waals surface area contributed by atoms with Crippen LogP contribution in [-0.2, 0) is 10.0 Å². The van der Waals surface area contributed by atoms with Gasteiger partial charge in [-0.1, -0.05) is 24.3 Å². The van der Waals surface area contributed by atoms with E-state index in [1.807, 2.05) is 32.0 Å². The van der Waals surface area contributed by atoms with Crippen molar-refractivity contribution in [3.8, 4) is 11.8 Å². The lowest BCUT2D eigenvalue weighted by molar-refractivity contribution is 0.439. The third kappa shape index (κ3) is 4.25. The van der Waals surface area contributed by atoms with Crippen LogP contribution in [0.2, 0.25) is 0 Å². The first-order chi connectivity index (χ1) is 12.8. The number of aryl methyl sites for hydroxylation is 4. The summed E-state index contributed by atoms with van der Waals surface area (Å²) in [6.45, 7) is 7.24. The minimum Gasteiger partial charge on any atom is -0.424 e. The zero-order valence-corrected chi connectivity index (χ0v) is 16.5. The number of aromatic nitrogens is 2. The summed E-state index contributed by atoms with van der Waals surface area (Å²) in [5, 5.41) is 0. The predicted octanol–water partition coefficient (Wildman–Crippen LogP) is 4.30. The SMILES string of the molecule is Cc1ccc(S(=O)(=O)Nc2c(C)nc(Oc3ccccc3)nc2C)cc1C. The number of nitrogens with one attached hydrogen (secondary N) is 1. The number of hydrogen-bond acceptors (Lipinski definition) is 5. The van der Waals surface area contributed by atoms with Crippen molar-refractivity contribution in [3.05, 3.63) is 71.0 Å². The van der Waals surface area contributed by atoms with Crippen molar-refractivity contribution < 1.29 is 13.2 Å². The Hall–Kier alpha value is -2.93. The Balaban J connectivity index is 1.89. The number of anilines is 1. The highest BCUT2D eigenvalue weighted by Gasteiger charge is 2.19. The Morgan fingerprint density at radius 2 is 1.48 bits per heavy atom. The Morgan fingerprint density at radius 3 is 2.07 bits per heavy atom. The van der Waals surface area contributed by atoms with Gasteiger partial charge < -0.3 is 4.74 Å². The number of ether oxygens (including phenoxy) is 1. The molecule has 0 aliphatic rings. The molecule has 0 saturated carbocycles. The molecule has 27 heavy (non-hydrogen) atoms. The van der Waals surface area contributed by atoms with Gasteiger partial charge in [0, 0.05) is 0 Å². The first kappa shape index (κ1) is 18.8. The van der Waals surface area contributed by atoms with Crippen molar-refractivity contribution in [2.24, 2.45) is 0 Å². The highest BCUT2D eigenvalue weighted by molar-refractivity contribution is 7.92. The van der Waals surface area contributed by atoms with Gasteiger partial charge in [0.15, 0.2) is 0 Å². The number of sulfonamides is 1. The largest absolute Gasteiger partial charge is 0.424 e. The van der Waals surface area contributed by atoms with Crippen molar-refractivity contribution >= 4 is 15.7 Å². The number of nitrogens with zero attached hydrogens (tertiary/aromatic N) is 2. The molecule has 0 aliphatic carbocycles. The third-order valence-corrected chi connectivity index (χ3v) is 5.58. The maximum absolute atomic E-state index is 12.7. The molecule has 2 aromatic carbocycles. The van der Waals surface area contributed by atoms with Gasteiger partial charge in [0.05, 0.1) is 22.0 Å². The van der Waals surface area contributed by atoms with E-state index < -0.39 is 10.0 Å². The van der Waals surface area contributed by atoms with Gasteiger partial charge in [-0.2, -0.15) is 9.97 Å². The van der Waals surface area contributed by atoms with Crippen LogP contribution in [0.1, 0.15) is 22.5 Å². The lowest BCUT2D eigenvalue weighted by Crippen LogP contribution is -2.16. The van der Waals surface area contributed by atoms with Gasteiger partial charge in [0.1, 0.15) is 5.75 Å². The number of rotatable bonds is 5. The molecule has 3 rings (SSSR count). The minimum atomic E-state index is -3.74. The molecule has 7 heteroatoms. The molecular weight excluding hydrogens is 362 g/mol. The molecule has 1 N–H and O–H groups in total. The molecule has 1 aromatic heterocycles. The summed E-state index contributed by atoms with van der Waals surface area (Å²) in [7, 11) is -3.74. The fourth-order valence-corrected chi connectivity index (χ4v) is 3.81. The van der Waals surface area contributed by atoms with Crippen molar-refractivity contribution in [2.75, 3.05) is 4.72 Å². The average Bonchev–Trinajstić information content (AvgIpc) is 2.61. The smallest absolute Gasteiger partial charge is 0.322 e. The van der Waals surface area contributed by atoms with Crippen LogP contribution < -0.4 is 9.46 Å². The summed E-state index contributed by atoms with van der Waals surface area (Å²) in [4.78, 5) is 8.76. The summed E-state index contributed by atoms with van der Waals surface area (Å²) in [6.07, 6.45) is 0. The van der Waals surface area contributed by atoms with E-state index in [-0.39, 0.29) is 10.9 Å². The molecule has 0 saturated heterocycles. The molecule has 3 aromatic rings. The van der Waals surface area contributed by atoms with Gasteiger partial charge >= 0.3 is 6.01 Å². The van der Waals surface area contributed by atoms with Gasteiger partial charge in [0.2, 0.25) is 0 Å². The Bertz CT molecular complexity index is 1060. The van der Waals surface area contributed by atoms with Crippen LogP contribution in [0, 0.1) is 27.7 Å². The van der Waals surface area contributed by atoms with Crippen molar-refractivity contribution in [1.82, 2.24) is 9.97 Å².